The van der Waals surface area contributed by atoms with Crippen LogP contribution in [0.3, 0.4) is 0 Å². The highest BCUT2D eigenvalue weighted by molar-refractivity contribution is 5.53. The Balaban J connectivity index is 1.33. The van der Waals surface area contributed by atoms with Gasteiger partial charge in [0.2, 0.25) is 11.7 Å². The fourth-order valence-corrected chi connectivity index (χ4v) is 4.11. The summed E-state index contributed by atoms with van der Waals surface area (Å²) in [6.07, 6.45) is 3.72. The fraction of sp³-hybridized carbons (Fsp3) is 0.304. The summed E-state index contributed by atoms with van der Waals surface area (Å²) < 4.78 is 20.6. The predicted octanol–water partition coefficient (Wildman–Crippen LogP) is 3.57. The van der Waals surface area contributed by atoms with Crippen molar-refractivity contribution < 1.29 is 8.91 Å². The van der Waals surface area contributed by atoms with Crippen LogP contribution in [-0.4, -0.2) is 37.5 Å². The minimum atomic E-state index is -0.332. The molecule has 1 fully saturated rings. The third-order valence-corrected chi connectivity index (χ3v) is 5.63. The molecule has 0 bridgehead atoms. The normalized spacial score (nSPS) is 17.3. The second-order valence-electron chi connectivity index (χ2n) is 8.06. The second kappa shape index (κ2) is 8.03. The van der Waals surface area contributed by atoms with Crippen LogP contribution in [0.25, 0.3) is 17.0 Å². The Morgan fingerprint density at radius 1 is 1.19 bits per heavy atom. The number of halogens is 1. The van der Waals surface area contributed by atoms with Gasteiger partial charge in [0.1, 0.15) is 11.5 Å². The molecule has 0 N–H and O–H groups in total. The summed E-state index contributed by atoms with van der Waals surface area (Å²) in [4.78, 5) is 23.9. The van der Waals surface area contributed by atoms with Gasteiger partial charge in [-0.2, -0.15) is 4.98 Å². The Kier molecular flexibility index (Phi) is 5.07. The Labute approximate surface area is 178 Å². The number of aryl methyl sites for hydroxylation is 1. The van der Waals surface area contributed by atoms with Crippen LogP contribution in [0.4, 0.5) is 4.39 Å². The van der Waals surface area contributed by atoms with Crippen LogP contribution in [0.2, 0.25) is 0 Å². The van der Waals surface area contributed by atoms with E-state index in [2.05, 4.69) is 20.0 Å². The van der Waals surface area contributed by atoms with Gasteiger partial charge >= 0.3 is 0 Å². The van der Waals surface area contributed by atoms with Gasteiger partial charge in [-0.1, -0.05) is 23.4 Å². The maximum Gasteiger partial charge on any atom is 0.258 e. The molecule has 1 aromatic carbocycles. The zero-order valence-electron chi connectivity index (χ0n) is 17.2. The van der Waals surface area contributed by atoms with Gasteiger partial charge in [-0.15, -0.1) is 0 Å². The lowest BCUT2D eigenvalue weighted by molar-refractivity contribution is 0.178. The summed E-state index contributed by atoms with van der Waals surface area (Å²) in [5.41, 5.74) is 2.94. The molecule has 5 rings (SSSR count). The SMILES string of the molecule is Cc1ccc2nc(CN3CCCC(c4nc(-c5cccc(F)c5)no4)C3)cc(=O)n2c1. The van der Waals surface area contributed by atoms with Crippen molar-refractivity contribution in [1.29, 1.82) is 0 Å². The van der Waals surface area contributed by atoms with Crippen molar-refractivity contribution in [3.63, 3.8) is 0 Å². The van der Waals surface area contributed by atoms with Crippen molar-refractivity contribution in [3.05, 3.63) is 82.0 Å². The van der Waals surface area contributed by atoms with Crippen LogP contribution < -0.4 is 5.56 Å². The fourth-order valence-electron chi connectivity index (χ4n) is 4.11. The maximum atomic E-state index is 13.5. The lowest BCUT2D eigenvalue weighted by Crippen LogP contribution is -2.34. The van der Waals surface area contributed by atoms with E-state index in [1.807, 2.05) is 19.1 Å². The molecule has 8 heteroatoms. The number of likely N-dealkylation sites (tertiary alicyclic amines) is 1. The first-order valence-electron chi connectivity index (χ1n) is 10.4. The summed E-state index contributed by atoms with van der Waals surface area (Å²) in [7, 11) is 0. The number of nitrogens with zero attached hydrogens (tertiary/aromatic N) is 5. The van der Waals surface area contributed by atoms with Crippen LogP contribution in [0.1, 0.15) is 35.9 Å². The maximum absolute atomic E-state index is 13.5. The lowest BCUT2D eigenvalue weighted by Gasteiger charge is -2.30. The minimum Gasteiger partial charge on any atom is -0.339 e. The topological polar surface area (TPSA) is 76.5 Å². The molecule has 0 radical (unpaired) electrons. The number of fused-ring (bicyclic) bond motifs is 1. The summed E-state index contributed by atoms with van der Waals surface area (Å²) in [6, 6.07) is 11.6. The van der Waals surface area contributed by atoms with Crippen LogP contribution >= 0.6 is 0 Å². The lowest BCUT2D eigenvalue weighted by atomic mass is 9.98. The molecule has 4 heterocycles. The molecule has 0 aliphatic carbocycles. The molecule has 31 heavy (non-hydrogen) atoms. The molecular weight excluding hydrogens is 397 g/mol. The van der Waals surface area contributed by atoms with Gasteiger partial charge in [0.25, 0.3) is 5.56 Å². The van der Waals surface area contributed by atoms with Gasteiger partial charge in [-0.05, 0) is 50.1 Å². The molecule has 158 valence electrons. The highest BCUT2D eigenvalue weighted by Crippen LogP contribution is 2.28. The molecule has 4 aromatic rings. The molecule has 1 aliphatic rings. The van der Waals surface area contributed by atoms with Gasteiger partial charge in [-0.25, -0.2) is 9.37 Å². The molecule has 7 nitrogen and oxygen atoms in total. The third-order valence-electron chi connectivity index (χ3n) is 5.63. The van der Waals surface area contributed by atoms with E-state index in [0.29, 0.717) is 29.5 Å². The molecule has 1 saturated heterocycles. The summed E-state index contributed by atoms with van der Waals surface area (Å²) in [5.74, 6) is 0.714. The first kappa shape index (κ1) is 19.6. The minimum absolute atomic E-state index is 0.0751. The number of piperidine rings is 1. The van der Waals surface area contributed by atoms with Gasteiger partial charge in [0.15, 0.2) is 0 Å². The monoisotopic (exact) mass is 419 g/mol. The molecule has 1 unspecified atom stereocenters. The smallest absolute Gasteiger partial charge is 0.258 e. The first-order valence-corrected chi connectivity index (χ1v) is 10.4. The Hall–Kier alpha value is -3.39. The van der Waals surface area contributed by atoms with Gasteiger partial charge < -0.3 is 4.52 Å². The molecule has 1 aliphatic heterocycles. The van der Waals surface area contributed by atoms with Crippen LogP contribution in [0.5, 0.6) is 0 Å². The van der Waals surface area contributed by atoms with Crippen LogP contribution in [0, 0.1) is 12.7 Å². The average Bonchev–Trinajstić information content (AvgIpc) is 3.25. The van der Waals surface area contributed by atoms with E-state index in [9.17, 15) is 9.18 Å². The van der Waals surface area contributed by atoms with Gasteiger partial charge in [-0.3, -0.25) is 14.1 Å². The largest absolute Gasteiger partial charge is 0.339 e. The summed E-state index contributed by atoms with van der Waals surface area (Å²) >= 11 is 0. The molecule has 0 amide bonds. The van der Waals surface area contributed by atoms with Crippen molar-refractivity contribution in [3.8, 4) is 11.4 Å². The standard InChI is InChI=1S/C23H22FN5O2/c1-15-7-8-20-25-19(11-21(30)29(20)12-15)14-28-9-3-5-17(13-28)23-26-22(27-31-23)16-4-2-6-18(24)10-16/h2,4,6-8,10-12,17H,3,5,9,13-14H2,1H3. The number of aromatic nitrogens is 4. The van der Waals surface area contributed by atoms with E-state index in [0.717, 1.165) is 37.2 Å². The summed E-state index contributed by atoms with van der Waals surface area (Å²) in [5, 5.41) is 4.04. The van der Waals surface area contributed by atoms with Gasteiger partial charge in [0, 0.05) is 30.9 Å². The van der Waals surface area contributed by atoms with Crippen molar-refractivity contribution in [2.45, 2.75) is 32.2 Å². The zero-order valence-corrected chi connectivity index (χ0v) is 17.2. The highest BCUT2D eigenvalue weighted by atomic mass is 19.1. The highest BCUT2D eigenvalue weighted by Gasteiger charge is 2.26. The van der Waals surface area contributed by atoms with Crippen LogP contribution in [-0.2, 0) is 6.54 Å². The van der Waals surface area contributed by atoms with Gasteiger partial charge in [0.05, 0.1) is 11.6 Å². The third kappa shape index (κ3) is 4.11. The van der Waals surface area contributed by atoms with Crippen molar-refractivity contribution in [1.82, 2.24) is 24.4 Å². The summed E-state index contributed by atoms with van der Waals surface area (Å²) in [6.45, 7) is 4.18. The number of benzene rings is 1. The van der Waals surface area contributed by atoms with Crippen LogP contribution in [0.15, 0.2) is 58.0 Å². The predicted molar refractivity (Wildman–Crippen MR) is 113 cm³/mol. The van der Waals surface area contributed by atoms with E-state index >= 15 is 0 Å². The Morgan fingerprint density at radius 2 is 2.10 bits per heavy atom. The van der Waals surface area contributed by atoms with Crippen molar-refractivity contribution in [2.24, 2.45) is 0 Å². The second-order valence-corrected chi connectivity index (χ2v) is 8.06. The molecule has 3 aromatic heterocycles. The molecule has 1 atom stereocenters. The molecule has 0 spiro atoms. The van der Waals surface area contributed by atoms with E-state index in [-0.39, 0.29) is 17.3 Å². The van der Waals surface area contributed by atoms with Crippen molar-refractivity contribution >= 4 is 5.65 Å². The molecular formula is C23H22FN5O2. The molecule has 0 saturated carbocycles. The number of hydrogen-bond donors (Lipinski definition) is 0. The van der Waals surface area contributed by atoms with E-state index in [1.165, 1.54) is 12.1 Å². The number of rotatable bonds is 4. The van der Waals surface area contributed by atoms with E-state index in [4.69, 9.17) is 4.52 Å². The quantitative estimate of drug-likeness (QED) is 0.503. The van der Waals surface area contributed by atoms with E-state index < -0.39 is 0 Å². The first-order chi connectivity index (χ1) is 15.0. The van der Waals surface area contributed by atoms with Crippen molar-refractivity contribution in [2.75, 3.05) is 13.1 Å². The number of hydrogen-bond acceptors (Lipinski definition) is 6. The Morgan fingerprint density at radius 3 is 2.97 bits per heavy atom. The zero-order chi connectivity index (χ0) is 21.4. The van der Waals surface area contributed by atoms with E-state index in [1.54, 1.807) is 28.8 Å². The average molecular weight is 419 g/mol. The Bertz CT molecular complexity index is 1300. The number of pyridine rings is 1.